The number of hydrogen-bond donors (Lipinski definition) is 3. The van der Waals surface area contributed by atoms with Gasteiger partial charge in [0.1, 0.15) is 0 Å². The smallest absolute Gasteiger partial charge is 0.341 e. The van der Waals surface area contributed by atoms with Crippen LogP contribution in [0.3, 0.4) is 0 Å². The highest BCUT2D eigenvalue weighted by Crippen LogP contribution is 2.36. The fourth-order valence-corrected chi connectivity index (χ4v) is 3.15. The standard InChI is InChI=1S/C21H20N2O6/c1-12(24)18-19(13-6-4-3-5-7-13)22-21(27)23-20(18)14-8-9-15(16(10-14)28-2)29-11-17(25)26/h3-10,20H,11H2,1-2H3,(H,25,26)(H2,22,23,27)/t20-/m0/s1. The predicted molar refractivity (Wildman–Crippen MR) is 105 cm³/mol. The second-order valence-electron chi connectivity index (χ2n) is 6.34. The van der Waals surface area contributed by atoms with Gasteiger partial charge in [0.25, 0.3) is 0 Å². The van der Waals surface area contributed by atoms with Crippen LogP contribution in [0.2, 0.25) is 0 Å². The minimum atomic E-state index is -1.11. The zero-order valence-electron chi connectivity index (χ0n) is 15.9. The monoisotopic (exact) mass is 396 g/mol. The van der Waals surface area contributed by atoms with E-state index < -0.39 is 24.6 Å². The van der Waals surface area contributed by atoms with Crippen LogP contribution in [-0.2, 0) is 9.59 Å². The van der Waals surface area contributed by atoms with Gasteiger partial charge in [-0.25, -0.2) is 9.59 Å². The number of urea groups is 1. The van der Waals surface area contributed by atoms with Crippen LogP contribution < -0.4 is 20.1 Å². The van der Waals surface area contributed by atoms with Crippen molar-refractivity contribution in [3.8, 4) is 11.5 Å². The molecule has 8 nitrogen and oxygen atoms in total. The summed E-state index contributed by atoms with van der Waals surface area (Å²) in [5.41, 5.74) is 2.15. The molecule has 8 heteroatoms. The minimum absolute atomic E-state index is 0.202. The molecule has 2 aromatic carbocycles. The maximum Gasteiger partial charge on any atom is 0.341 e. The van der Waals surface area contributed by atoms with Crippen molar-refractivity contribution in [3.05, 3.63) is 65.2 Å². The average Bonchev–Trinajstić information content (AvgIpc) is 2.71. The molecule has 0 saturated carbocycles. The number of aliphatic carboxylic acids is 1. The number of carboxylic acids is 1. The molecule has 3 N–H and O–H groups in total. The highest BCUT2D eigenvalue weighted by molar-refractivity contribution is 6.06. The van der Waals surface area contributed by atoms with Crippen LogP contribution >= 0.6 is 0 Å². The lowest BCUT2D eigenvalue weighted by molar-refractivity contribution is -0.139. The van der Waals surface area contributed by atoms with Gasteiger partial charge in [0, 0.05) is 5.57 Å². The van der Waals surface area contributed by atoms with Crippen molar-refractivity contribution in [1.29, 1.82) is 0 Å². The van der Waals surface area contributed by atoms with Gasteiger partial charge in [-0.05, 0) is 30.2 Å². The number of rotatable bonds is 7. The largest absolute Gasteiger partial charge is 0.493 e. The van der Waals surface area contributed by atoms with Crippen LogP contribution in [0, 0.1) is 0 Å². The molecule has 29 heavy (non-hydrogen) atoms. The number of hydrogen-bond acceptors (Lipinski definition) is 5. The first-order valence-electron chi connectivity index (χ1n) is 8.81. The molecule has 0 aromatic heterocycles. The lowest BCUT2D eigenvalue weighted by Crippen LogP contribution is -2.44. The third kappa shape index (κ3) is 4.37. The Hall–Kier alpha value is -3.81. The minimum Gasteiger partial charge on any atom is -0.493 e. The Kier molecular flexibility index (Phi) is 5.82. The first-order chi connectivity index (χ1) is 13.9. The van der Waals surface area contributed by atoms with Gasteiger partial charge < -0.3 is 25.2 Å². The Morgan fingerprint density at radius 2 is 1.83 bits per heavy atom. The summed E-state index contributed by atoms with van der Waals surface area (Å²) in [6, 6.07) is 12.8. The summed E-state index contributed by atoms with van der Waals surface area (Å²) < 4.78 is 10.5. The molecule has 0 spiro atoms. The highest BCUT2D eigenvalue weighted by Gasteiger charge is 2.32. The lowest BCUT2D eigenvalue weighted by atomic mass is 9.90. The van der Waals surface area contributed by atoms with Crippen molar-refractivity contribution in [2.75, 3.05) is 13.7 Å². The maximum absolute atomic E-state index is 12.5. The van der Waals surface area contributed by atoms with Crippen LogP contribution in [0.1, 0.15) is 24.1 Å². The molecule has 0 radical (unpaired) electrons. The topological polar surface area (TPSA) is 114 Å². The van der Waals surface area contributed by atoms with E-state index in [0.717, 1.165) is 0 Å². The van der Waals surface area contributed by atoms with Crippen LogP contribution in [0.4, 0.5) is 4.79 Å². The Balaban J connectivity index is 2.07. The molecule has 1 aliphatic rings. The van der Waals surface area contributed by atoms with Gasteiger partial charge in [0.15, 0.2) is 23.9 Å². The zero-order valence-corrected chi connectivity index (χ0v) is 15.9. The van der Waals surface area contributed by atoms with E-state index in [1.807, 2.05) is 30.3 Å². The molecule has 1 atom stereocenters. The van der Waals surface area contributed by atoms with Crippen molar-refractivity contribution < 1.29 is 29.0 Å². The third-order valence-electron chi connectivity index (χ3n) is 4.39. The molecular formula is C21H20N2O6. The van der Waals surface area contributed by atoms with Crippen molar-refractivity contribution in [2.45, 2.75) is 13.0 Å². The summed E-state index contributed by atoms with van der Waals surface area (Å²) in [5.74, 6) is -0.779. The van der Waals surface area contributed by atoms with Crippen molar-refractivity contribution in [2.24, 2.45) is 0 Å². The van der Waals surface area contributed by atoms with Gasteiger partial charge in [-0.15, -0.1) is 0 Å². The number of amides is 2. The SMILES string of the molecule is COc1cc([C@@H]2NC(=O)NC(c3ccccc3)=C2C(C)=O)ccc1OCC(=O)O. The van der Waals surface area contributed by atoms with Gasteiger partial charge in [0.05, 0.1) is 18.8 Å². The molecule has 2 amide bonds. The van der Waals surface area contributed by atoms with Gasteiger partial charge in [-0.3, -0.25) is 4.79 Å². The quantitative estimate of drug-likeness (QED) is 0.663. The molecule has 0 unspecified atom stereocenters. The maximum atomic E-state index is 12.5. The van der Waals surface area contributed by atoms with Crippen molar-refractivity contribution in [3.63, 3.8) is 0 Å². The molecule has 3 rings (SSSR count). The van der Waals surface area contributed by atoms with Crippen LogP contribution in [0.25, 0.3) is 5.70 Å². The van der Waals surface area contributed by atoms with Crippen molar-refractivity contribution >= 4 is 23.5 Å². The normalized spacial score (nSPS) is 15.9. The Morgan fingerprint density at radius 3 is 2.45 bits per heavy atom. The second kappa shape index (κ2) is 8.47. The van der Waals surface area contributed by atoms with Gasteiger partial charge in [-0.2, -0.15) is 0 Å². The fourth-order valence-electron chi connectivity index (χ4n) is 3.15. The Bertz CT molecular complexity index is 984. The summed E-state index contributed by atoms with van der Waals surface area (Å²) in [6.45, 7) is 0.919. The molecule has 0 fully saturated rings. The molecule has 150 valence electrons. The first-order valence-corrected chi connectivity index (χ1v) is 8.81. The van der Waals surface area contributed by atoms with Crippen LogP contribution in [-0.4, -0.2) is 36.6 Å². The summed E-state index contributed by atoms with van der Waals surface area (Å²) in [4.78, 5) is 35.6. The first kappa shape index (κ1) is 19.9. The number of methoxy groups -OCH3 is 1. The molecule has 2 aromatic rings. The summed E-state index contributed by atoms with van der Waals surface area (Å²) in [5, 5.41) is 14.3. The van der Waals surface area contributed by atoms with Gasteiger partial charge in [-0.1, -0.05) is 36.4 Å². The number of nitrogens with one attached hydrogen (secondary N) is 2. The summed E-state index contributed by atoms with van der Waals surface area (Å²) in [7, 11) is 1.42. The van der Waals surface area contributed by atoms with E-state index in [1.54, 1.807) is 18.2 Å². The van der Waals surface area contributed by atoms with Crippen LogP contribution in [0.5, 0.6) is 11.5 Å². The molecule has 0 bridgehead atoms. The van der Waals surface area contributed by atoms with E-state index in [0.29, 0.717) is 28.1 Å². The second-order valence-corrected chi connectivity index (χ2v) is 6.34. The number of benzene rings is 2. The number of carbonyl (C=O) groups is 3. The van der Waals surface area contributed by atoms with Crippen LogP contribution in [0.15, 0.2) is 54.1 Å². The van der Waals surface area contributed by atoms with E-state index in [1.165, 1.54) is 14.0 Å². The van der Waals surface area contributed by atoms with E-state index >= 15 is 0 Å². The number of carboxylic acid groups (broad SMARTS) is 1. The predicted octanol–water partition coefficient (Wildman–Crippen LogP) is 2.51. The lowest BCUT2D eigenvalue weighted by Gasteiger charge is -2.30. The highest BCUT2D eigenvalue weighted by atomic mass is 16.5. The fraction of sp³-hybridized carbons (Fsp3) is 0.190. The van der Waals surface area contributed by atoms with Gasteiger partial charge >= 0.3 is 12.0 Å². The summed E-state index contributed by atoms with van der Waals surface area (Å²) in [6.07, 6.45) is 0. The molecular weight excluding hydrogens is 376 g/mol. The summed E-state index contributed by atoms with van der Waals surface area (Å²) >= 11 is 0. The van der Waals surface area contributed by atoms with E-state index in [-0.39, 0.29) is 11.5 Å². The number of ether oxygens (including phenoxy) is 2. The number of ketones is 1. The van der Waals surface area contributed by atoms with E-state index in [4.69, 9.17) is 14.6 Å². The molecule has 0 aliphatic carbocycles. The average molecular weight is 396 g/mol. The third-order valence-corrected chi connectivity index (χ3v) is 4.39. The zero-order chi connectivity index (χ0) is 21.0. The number of Topliss-reactive ketones (excluding diaryl/α,β-unsaturated/α-hetero) is 1. The Labute approximate surface area is 167 Å². The molecule has 1 aliphatic heterocycles. The van der Waals surface area contributed by atoms with E-state index in [9.17, 15) is 14.4 Å². The molecule has 1 heterocycles. The molecule has 0 saturated heterocycles. The Morgan fingerprint density at radius 1 is 1.10 bits per heavy atom. The van der Waals surface area contributed by atoms with Gasteiger partial charge in [0.2, 0.25) is 0 Å². The number of carbonyl (C=O) groups excluding carboxylic acids is 2. The van der Waals surface area contributed by atoms with Crippen molar-refractivity contribution in [1.82, 2.24) is 10.6 Å². The van der Waals surface area contributed by atoms with E-state index in [2.05, 4.69) is 10.6 Å².